The average Bonchev–Trinajstić information content (AvgIpc) is 2.99. The van der Waals surface area contributed by atoms with Gasteiger partial charge in [0.15, 0.2) is 0 Å². The topological polar surface area (TPSA) is 91.2 Å². The Balaban J connectivity index is 2.22. The molecule has 160 valence electrons. The predicted molar refractivity (Wildman–Crippen MR) is 103 cm³/mol. The first-order chi connectivity index (χ1) is 13.8. The van der Waals surface area contributed by atoms with E-state index in [1.807, 2.05) is 27.7 Å². The van der Waals surface area contributed by atoms with E-state index in [0.29, 0.717) is 10.9 Å². The molecule has 30 heavy (non-hydrogen) atoms. The first kappa shape index (κ1) is 21.8. The standard InChI is InChI=1S/C19H18F3N3O4S/c1-9-6-7-13(15-11(3)10(2)12(4)24-16(9)15)17(26)14-8-23-25(5)18(14)29-30(27,28)19(20,21)22/h6-8H,1-5H3. The molecule has 7 nitrogen and oxygen atoms in total. The van der Waals surface area contributed by atoms with Crippen LogP contribution in [0.2, 0.25) is 0 Å². The molecule has 11 heteroatoms. The van der Waals surface area contributed by atoms with E-state index >= 15 is 0 Å². The van der Waals surface area contributed by atoms with Gasteiger partial charge in [0.25, 0.3) is 0 Å². The maximum absolute atomic E-state index is 13.3. The number of ketones is 1. The molecule has 2 aromatic heterocycles. The van der Waals surface area contributed by atoms with Gasteiger partial charge in [0.05, 0.1) is 11.7 Å². The van der Waals surface area contributed by atoms with Crippen LogP contribution in [0.25, 0.3) is 10.9 Å². The van der Waals surface area contributed by atoms with Crippen molar-refractivity contribution in [3.05, 3.63) is 51.8 Å². The Kier molecular flexibility index (Phi) is 5.13. The number of fused-ring (bicyclic) bond motifs is 1. The average molecular weight is 441 g/mol. The maximum Gasteiger partial charge on any atom is 0.534 e. The summed E-state index contributed by atoms with van der Waals surface area (Å²) in [6.45, 7) is 7.33. The fourth-order valence-corrected chi connectivity index (χ4v) is 3.60. The van der Waals surface area contributed by atoms with Crippen LogP contribution in [-0.2, 0) is 17.2 Å². The molecule has 0 unspecified atom stereocenters. The number of rotatable bonds is 4. The van der Waals surface area contributed by atoms with Crippen LogP contribution in [-0.4, -0.2) is 34.5 Å². The fraction of sp³-hybridized carbons (Fsp3) is 0.316. The van der Waals surface area contributed by atoms with Gasteiger partial charge in [-0.15, -0.1) is 0 Å². The molecule has 1 aromatic carbocycles. The molecule has 3 rings (SSSR count). The Morgan fingerprint density at radius 2 is 1.70 bits per heavy atom. The molecule has 0 aliphatic rings. The molecule has 0 fully saturated rings. The zero-order chi connectivity index (χ0) is 22.6. The van der Waals surface area contributed by atoms with Gasteiger partial charge in [-0.25, -0.2) is 4.68 Å². The van der Waals surface area contributed by atoms with Gasteiger partial charge in [-0.05, 0) is 50.5 Å². The molecule has 0 aliphatic carbocycles. The van der Waals surface area contributed by atoms with E-state index < -0.39 is 32.9 Å². The monoisotopic (exact) mass is 441 g/mol. The van der Waals surface area contributed by atoms with Crippen molar-refractivity contribution in [1.82, 2.24) is 14.8 Å². The Morgan fingerprint density at radius 1 is 1.07 bits per heavy atom. The lowest BCUT2D eigenvalue weighted by atomic mass is 9.93. The highest BCUT2D eigenvalue weighted by molar-refractivity contribution is 7.88. The van der Waals surface area contributed by atoms with Crippen molar-refractivity contribution in [2.24, 2.45) is 7.05 Å². The number of benzene rings is 1. The highest BCUT2D eigenvalue weighted by atomic mass is 32.2. The molecule has 0 radical (unpaired) electrons. The summed E-state index contributed by atoms with van der Waals surface area (Å²) in [5, 5.41) is 4.24. The number of carbonyl (C=O) groups is 1. The van der Waals surface area contributed by atoms with Crippen LogP contribution in [0.3, 0.4) is 0 Å². The summed E-state index contributed by atoms with van der Waals surface area (Å²) in [6, 6.07) is 3.19. The van der Waals surface area contributed by atoms with Gasteiger partial charge < -0.3 is 4.18 Å². The van der Waals surface area contributed by atoms with Crippen LogP contribution < -0.4 is 4.18 Å². The zero-order valence-electron chi connectivity index (χ0n) is 16.7. The molecule has 3 aromatic rings. The molecule has 0 bridgehead atoms. The van der Waals surface area contributed by atoms with Crippen molar-refractivity contribution in [1.29, 1.82) is 0 Å². The number of aromatic nitrogens is 3. The van der Waals surface area contributed by atoms with Crippen molar-refractivity contribution < 1.29 is 30.6 Å². The lowest BCUT2D eigenvalue weighted by Crippen LogP contribution is -2.29. The van der Waals surface area contributed by atoms with Crippen LogP contribution >= 0.6 is 0 Å². The molecule has 0 saturated carbocycles. The quantitative estimate of drug-likeness (QED) is 0.349. The molecule has 0 atom stereocenters. The summed E-state index contributed by atoms with van der Waals surface area (Å²) in [5.41, 5.74) is -2.06. The highest BCUT2D eigenvalue weighted by Gasteiger charge is 2.49. The molecule has 0 saturated heterocycles. The second kappa shape index (κ2) is 7.08. The number of hydrogen-bond donors (Lipinski definition) is 0. The van der Waals surface area contributed by atoms with E-state index in [0.717, 1.165) is 33.3 Å². The van der Waals surface area contributed by atoms with Crippen LogP contribution in [0.1, 0.15) is 38.3 Å². The molecule has 0 N–H and O–H groups in total. The number of pyridine rings is 1. The molecular formula is C19H18F3N3O4S. The van der Waals surface area contributed by atoms with Crippen molar-refractivity contribution in [3.63, 3.8) is 0 Å². The molecule has 0 amide bonds. The van der Waals surface area contributed by atoms with Gasteiger partial charge in [0.2, 0.25) is 11.7 Å². The number of nitrogens with zero attached hydrogens (tertiary/aromatic N) is 3. The first-order valence-corrected chi connectivity index (χ1v) is 10.1. The van der Waals surface area contributed by atoms with Gasteiger partial charge in [0, 0.05) is 23.7 Å². The lowest BCUT2D eigenvalue weighted by molar-refractivity contribution is -0.0502. The van der Waals surface area contributed by atoms with Gasteiger partial charge >= 0.3 is 15.6 Å². The lowest BCUT2D eigenvalue weighted by Gasteiger charge is -2.15. The molecule has 2 heterocycles. The van der Waals surface area contributed by atoms with E-state index in [2.05, 4.69) is 14.3 Å². The van der Waals surface area contributed by atoms with Crippen LogP contribution in [0.4, 0.5) is 13.2 Å². The number of aryl methyl sites for hydroxylation is 4. The number of alkyl halides is 3. The Morgan fingerprint density at radius 3 is 2.30 bits per heavy atom. The van der Waals surface area contributed by atoms with Crippen molar-refractivity contribution in [2.75, 3.05) is 0 Å². The van der Waals surface area contributed by atoms with Crippen LogP contribution in [0.5, 0.6) is 5.88 Å². The van der Waals surface area contributed by atoms with Gasteiger partial charge in [0.1, 0.15) is 5.56 Å². The largest absolute Gasteiger partial charge is 0.534 e. The summed E-state index contributed by atoms with van der Waals surface area (Å²) < 4.78 is 66.2. The smallest absolute Gasteiger partial charge is 0.355 e. The summed E-state index contributed by atoms with van der Waals surface area (Å²) in [7, 11) is -4.80. The first-order valence-electron chi connectivity index (χ1n) is 8.70. The van der Waals surface area contributed by atoms with E-state index in [-0.39, 0.29) is 5.56 Å². The third-order valence-corrected chi connectivity index (χ3v) is 5.93. The Hall–Kier alpha value is -2.95. The number of hydrogen-bond acceptors (Lipinski definition) is 6. The summed E-state index contributed by atoms with van der Waals surface area (Å²) in [5.74, 6) is -1.55. The minimum atomic E-state index is -5.98. The van der Waals surface area contributed by atoms with Crippen molar-refractivity contribution in [3.8, 4) is 5.88 Å². The second-order valence-electron chi connectivity index (χ2n) is 6.90. The van der Waals surface area contributed by atoms with Gasteiger partial charge in [-0.2, -0.15) is 26.7 Å². The third-order valence-electron chi connectivity index (χ3n) is 4.99. The van der Waals surface area contributed by atoms with E-state index in [4.69, 9.17) is 0 Å². The van der Waals surface area contributed by atoms with Crippen LogP contribution in [0.15, 0.2) is 18.3 Å². The second-order valence-corrected chi connectivity index (χ2v) is 8.44. The van der Waals surface area contributed by atoms with Gasteiger partial charge in [-0.3, -0.25) is 9.78 Å². The third kappa shape index (κ3) is 3.42. The minimum Gasteiger partial charge on any atom is -0.355 e. The fourth-order valence-electron chi connectivity index (χ4n) is 3.10. The van der Waals surface area contributed by atoms with Gasteiger partial charge in [-0.1, -0.05) is 6.07 Å². The summed E-state index contributed by atoms with van der Waals surface area (Å²) in [4.78, 5) is 17.8. The SMILES string of the molecule is Cc1nc2c(C)ccc(C(=O)c3cnn(C)c3OS(=O)(=O)C(F)(F)F)c2c(C)c1C. The minimum absolute atomic E-state index is 0.158. The summed E-state index contributed by atoms with van der Waals surface area (Å²) in [6.07, 6.45) is 0.971. The normalized spacial score (nSPS) is 12.4. The van der Waals surface area contributed by atoms with E-state index in [1.165, 1.54) is 13.1 Å². The zero-order valence-corrected chi connectivity index (χ0v) is 17.6. The summed E-state index contributed by atoms with van der Waals surface area (Å²) >= 11 is 0. The molecule has 0 aliphatic heterocycles. The van der Waals surface area contributed by atoms with Crippen LogP contribution in [0, 0.1) is 27.7 Å². The van der Waals surface area contributed by atoms with E-state index in [1.54, 1.807) is 6.07 Å². The van der Waals surface area contributed by atoms with Crippen molar-refractivity contribution >= 4 is 26.8 Å². The Labute approximate surface area is 170 Å². The number of halogens is 3. The molecule has 0 spiro atoms. The van der Waals surface area contributed by atoms with E-state index in [9.17, 15) is 26.4 Å². The van der Waals surface area contributed by atoms with Crippen molar-refractivity contribution in [2.45, 2.75) is 33.2 Å². The molecular weight excluding hydrogens is 423 g/mol. The number of carbonyl (C=O) groups excluding carboxylic acids is 1. The maximum atomic E-state index is 13.3. The highest BCUT2D eigenvalue weighted by Crippen LogP contribution is 2.33. The predicted octanol–water partition coefficient (Wildman–Crippen LogP) is 3.66. The Bertz CT molecular complexity index is 1290.